The van der Waals surface area contributed by atoms with Gasteiger partial charge in [0.25, 0.3) is 5.91 Å². The molecule has 1 aliphatic carbocycles. The first-order chi connectivity index (χ1) is 58.7. The third-order valence-electron chi connectivity index (χ3n) is 21.7. The Morgan fingerprint density at radius 3 is 1.45 bits per heavy atom. The minimum absolute atomic E-state index is 0.000268. The van der Waals surface area contributed by atoms with Crippen LogP contribution >= 0.6 is 0 Å². The van der Waals surface area contributed by atoms with Crippen molar-refractivity contribution in [2.45, 2.75) is 220 Å². The van der Waals surface area contributed by atoms with Crippen LogP contribution < -0.4 is 42.6 Å². The van der Waals surface area contributed by atoms with E-state index in [0.717, 1.165) is 30.3 Å². The number of hydrogen-bond donors (Lipinski definition) is 15. The Kier molecular flexibility index (Phi) is 38.3. The number of amides is 6. The van der Waals surface area contributed by atoms with Crippen molar-refractivity contribution in [3.8, 4) is 22.5 Å². The zero-order valence-electron chi connectivity index (χ0n) is 70.7. The predicted octanol–water partition coefficient (Wildman–Crippen LogP) is 4.70. The summed E-state index contributed by atoms with van der Waals surface area (Å²) in [6.07, 6.45) is -1.88. The van der Waals surface area contributed by atoms with Gasteiger partial charge in [0, 0.05) is 160 Å². The second-order valence-electron chi connectivity index (χ2n) is 31.8. The number of carbonyl (C=O) groups excluding carboxylic acids is 14. The number of H-pyrrole nitrogens is 2. The van der Waals surface area contributed by atoms with Gasteiger partial charge in [-0.05, 0) is 117 Å². The van der Waals surface area contributed by atoms with E-state index >= 15 is 4.39 Å². The summed E-state index contributed by atoms with van der Waals surface area (Å²) >= 11 is 0. The van der Waals surface area contributed by atoms with Crippen molar-refractivity contribution in [2.75, 3.05) is 13.1 Å². The summed E-state index contributed by atoms with van der Waals surface area (Å²) in [5, 5.41) is 78.5. The first-order valence-corrected chi connectivity index (χ1v) is 40.7. The number of carboxylic acids is 4. The molecule has 2 aromatic carbocycles. The second kappa shape index (κ2) is 47.3. The van der Waals surface area contributed by atoms with Gasteiger partial charge in [-0.15, -0.1) is 0 Å². The molecular weight excluding hydrogens is 1640 g/mol. The van der Waals surface area contributed by atoms with Gasteiger partial charge in [-0.2, -0.15) is 0 Å². The maximum absolute atomic E-state index is 15.2. The highest BCUT2D eigenvalue weighted by Crippen LogP contribution is 2.43. The predicted molar refractivity (Wildman–Crippen MR) is 440 cm³/mol. The molecule has 0 unspecified atom stereocenters. The summed E-state index contributed by atoms with van der Waals surface area (Å²) in [4.78, 5) is 264. The molecular formula is C86H107F2N11O26. The summed E-state index contributed by atoms with van der Waals surface area (Å²) in [6, 6.07) is -1.22. The fourth-order valence-electron chi connectivity index (χ4n) is 14.0. The molecule has 15 N–H and O–H groups in total. The summed E-state index contributed by atoms with van der Waals surface area (Å²) in [5.41, 5.74) is -2.74. The highest BCUT2D eigenvalue weighted by Gasteiger charge is 2.38. The van der Waals surface area contributed by atoms with E-state index < -0.39 is 263 Å². The minimum atomic E-state index is -1.67. The summed E-state index contributed by atoms with van der Waals surface area (Å²) in [6.45, 7) is 13.2. The molecule has 0 spiro atoms. The molecule has 15 atom stereocenters. The van der Waals surface area contributed by atoms with Gasteiger partial charge < -0.3 is 87.0 Å². The summed E-state index contributed by atoms with van der Waals surface area (Å²) in [7, 11) is 0. The van der Waals surface area contributed by atoms with Crippen molar-refractivity contribution in [1.29, 1.82) is 0 Å². The van der Waals surface area contributed by atoms with Gasteiger partial charge in [0.15, 0.2) is 40.5 Å². The molecule has 39 heteroatoms. The number of aliphatic carboxylic acids is 2. The molecule has 0 saturated carbocycles. The lowest BCUT2D eigenvalue weighted by Gasteiger charge is -2.26. The second-order valence-corrected chi connectivity index (χ2v) is 31.8. The molecule has 3 heterocycles. The number of aromatic amines is 2. The Hall–Kier alpha value is -12.7. The third-order valence-corrected chi connectivity index (χ3v) is 21.7. The Labute approximate surface area is 715 Å². The third kappa shape index (κ3) is 30.4. The number of ketones is 8. The average Bonchev–Trinajstić information content (AvgIpc) is 0.799. The van der Waals surface area contributed by atoms with Gasteiger partial charge in [-0.3, -0.25) is 76.7 Å². The van der Waals surface area contributed by atoms with E-state index in [1.807, 2.05) is 0 Å². The topological polar surface area (TPSA) is 600 Å². The Morgan fingerprint density at radius 1 is 0.488 bits per heavy atom. The van der Waals surface area contributed by atoms with E-state index in [1.54, 1.807) is 6.20 Å². The zero-order valence-corrected chi connectivity index (χ0v) is 70.7. The van der Waals surface area contributed by atoms with Crippen molar-refractivity contribution in [1.82, 2.24) is 57.2 Å². The Bertz CT molecular complexity index is 5010. The van der Waals surface area contributed by atoms with Crippen LogP contribution in [-0.4, -0.2) is 218 Å². The van der Waals surface area contributed by atoms with E-state index in [1.165, 1.54) is 100 Å². The van der Waals surface area contributed by atoms with E-state index in [2.05, 4.69) is 57.2 Å². The number of nitrogens with one attached hydrogen (secondary N) is 9. The number of aromatic nitrogens is 4. The largest absolute Gasteiger partial charge is 0.481 e. The monoisotopic (exact) mass is 1750 g/mol. The number of unbranched alkanes of at least 4 members (excludes halogenated alkanes) is 1. The number of imidazole rings is 2. The maximum atomic E-state index is 15.2. The van der Waals surface area contributed by atoms with Crippen LogP contribution in [0.2, 0.25) is 0 Å². The molecule has 1 aliphatic heterocycles. The van der Waals surface area contributed by atoms with Crippen molar-refractivity contribution >= 4 is 117 Å². The molecule has 6 amide bonds. The fraction of sp³-hybridized carbons (Fsp3) is 0.500. The SMILES string of the molecule is CC(=O)C[C@@H](CN[C@H](Cc1c[nH]cn1)C(=O)C[C@H](CCC(=O)O)C(=O)N[C@H](C)C(=O)C[C@H](C)C(=O)N[C@H](C)C(=O)C[C@@H](C(=O)N[C@H](Cc1c[nH]cn1)C(=O)C[C@H](CCC(=O)O)C(=O)N[C@H](C)C(=O)C[C@H](C)C(=O)N[C@H](C)C(=O)C[C@H](CCCCNC(=O)c1ccc(-c2c3cc(F)c(=O)cc-3oc3cc(C(=O)O)c(F)cc23)c(C(=O)O)c1)C(C)=O)[C@H](C)O)[C@H](C)O. The molecule has 6 rings (SSSR count). The van der Waals surface area contributed by atoms with Crippen molar-refractivity contribution in [3.63, 3.8) is 0 Å². The molecule has 125 heavy (non-hydrogen) atoms. The minimum Gasteiger partial charge on any atom is -0.481 e. The maximum Gasteiger partial charge on any atom is 0.338 e. The summed E-state index contributed by atoms with van der Waals surface area (Å²) in [5.74, 6) is -26.6. The van der Waals surface area contributed by atoms with Crippen molar-refractivity contribution < 1.29 is 130 Å². The smallest absolute Gasteiger partial charge is 0.338 e. The zero-order chi connectivity index (χ0) is 93.1. The van der Waals surface area contributed by atoms with Crippen LogP contribution in [0.3, 0.4) is 0 Å². The first kappa shape index (κ1) is 101. The number of carboxylic acid groups (broad SMARTS) is 4. The molecule has 0 bridgehead atoms. The van der Waals surface area contributed by atoms with Gasteiger partial charge in [0.1, 0.15) is 28.7 Å². The van der Waals surface area contributed by atoms with E-state index in [4.69, 9.17) is 4.42 Å². The number of fused-ring (bicyclic) bond motifs is 2. The van der Waals surface area contributed by atoms with Crippen molar-refractivity contribution in [3.05, 3.63) is 117 Å². The lowest BCUT2D eigenvalue weighted by Crippen LogP contribution is -2.50. The number of rotatable bonds is 55. The number of aliphatic hydroxyl groups is 2. The number of aromatic carboxylic acids is 2. The van der Waals surface area contributed by atoms with Crippen molar-refractivity contribution in [2.24, 2.45) is 41.4 Å². The number of Topliss-reactive ketones (excluding diaryl/α,β-unsaturated/α-hetero) is 8. The summed E-state index contributed by atoms with van der Waals surface area (Å²) < 4.78 is 35.6. The van der Waals surface area contributed by atoms with Crippen LogP contribution in [0, 0.1) is 53.1 Å². The molecule has 0 saturated heterocycles. The first-order valence-electron chi connectivity index (χ1n) is 40.7. The number of hydrogen-bond acceptors (Lipinski definition) is 25. The van der Waals surface area contributed by atoms with Gasteiger partial charge >= 0.3 is 23.9 Å². The highest BCUT2D eigenvalue weighted by atomic mass is 19.1. The number of aliphatic hydroxyl groups excluding tert-OH is 2. The lowest BCUT2D eigenvalue weighted by molar-refractivity contribution is -0.139. The van der Waals surface area contributed by atoms with E-state index in [9.17, 15) is 126 Å². The molecule has 2 aliphatic rings. The molecule has 0 fully saturated rings. The normalized spacial score (nSPS) is 15.0. The molecule has 0 radical (unpaired) electrons. The number of nitrogens with zero attached hydrogens (tertiary/aromatic N) is 2. The van der Waals surface area contributed by atoms with Gasteiger partial charge in [-0.25, -0.2) is 28.3 Å². The Morgan fingerprint density at radius 2 is 0.976 bits per heavy atom. The van der Waals surface area contributed by atoms with Gasteiger partial charge in [0.2, 0.25) is 35.0 Å². The fourth-order valence-corrected chi connectivity index (χ4v) is 14.0. The quantitative estimate of drug-likeness (QED) is 0.0182. The average molecular weight is 1750 g/mol. The molecule has 37 nitrogen and oxygen atoms in total. The van der Waals surface area contributed by atoms with Crippen LogP contribution in [0.4, 0.5) is 8.78 Å². The van der Waals surface area contributed by atoms with Crippen LogP contribution in [-0.2, 0) is 84.8 Å². The number of halogens is 2. The molecule has 2 aromatic heterocycles. The van der Waals surface area contributed by atoms with E-state index in [0.29, 0.717) is 5.69 Å². The lowest BCUT2D eigenvalue weighted by atomic mass is 9.89. The van der Waals surface area contributed by atoms with Crippen LogP contribution in [0.15, 0.2) is 76.7 Å². The van der Waals surface area contributed by atoms with Crippen LogP contribution in [0.1, 0.15) is 202 Å². The van der Waals surface area contributed by atoms with E-state index in [-0.39, 0.29) is 121 Å². The standard InChI is InChI=1S/C86H107F2N11O26/c1-40(79(115)95-45(6)69(106)25-50(47(8)101)13-11-12-20-91-81(117)51-14-17-57(59(24-51)85(121)122)78-61-30-63(87)60(86(123)124)33-74(61)125-75-34-71(108)64(88)31-62(75)78)21-67(104)44(5)98-83(119)53(16-19-77(113)114)27-73(110)66(29-56-37-90-39-94-56)99-84(120)58(49(10)103)32-70(107)46(7)96-80(116)41(2)22-68(105)43(4)97-82(118)52(15-18-76(111)112)26-72(109)65(28-55-36-89-38-93-55)92-35-54(48(9)102)23-42(3)100/h14,17,24,30-31,33-34,36-41,43-46,48-50,52-54,58,65-66,92,102-103H,11-13,15-16,18-23,25-29,32,35H2,1-10H3,(H,89,93)(H,90,94)(H,91,117)(H,95,115)(H,96,116)(H,97,118)(H,98,119)(H,99,120)(H,111,112)(H,113,114)(H,121,122)(H,123,124)/t40-,41-,43+,44+,45+,46+,48-,49-,50-,52-,53-,54-,58+,65+,66+/m0/s1. The Balaban J connectivity index is 0.990. The number of benzene rings is 3. The van der Waals surface area contributed by atoms with Crippen LogP contribution in [0.25, 0.3) is 33.4 Å². The number of carbonyl (C=O) groups is 18. The molecule has 676 valence electrons. The van der Waals surface area contributed by atoms with Gasteiger partial charge in [0.05, 0.1) is 89.5 Å². The van der Waals surface area contributed by atoms with Gasteiger partial charge in [-0.1, -0.05) is 26.3 Å². The van der Waals surface area contributed by atoms with Crippen LogP contribution in [0.5, 0.6) is 0 Å². The molecule has 4 aromatic rings. The highest BCUT2D eigenvalue weighted by molar-refractivity contribution is 6.10.